The molecule has 1 amide bonds. The summed E-state index contributed by atoms with van der Waals surface area (Å²) in [5.41, 5.74) is 2.20. The second-order valence-electron chi connectivity index (χ2n) is 9.48. The smallest absolute Gasteiger partial charge is 0.227 e. The molecule has 7 heteroatoms. The van der Waals surface area contributed by atoms with Crippen LogP contribution in [0.4, 0.5) is 0 Å². The van der Waals surface area contributed by atoms with Gasteiger partial charge in [-0.15, -0.1) is 0 Å². The third-order valence-electron chi connectivity index (χ3n) is 6.69. The van der Waals surface area contributed by atoms with E-state index >= 15 is 0 Å². The number of hydrogen-bond acceptors (Lipinski definition) is 6. The molecule has 0 bridgehead atoms. The van der Waals surface area contributed by atoms with Gasteiger partial charge in [-0.2, -0.15) is 0 Å². The molecule has 3 atom stereocenters. The van der Waals surface area contributed by atoms with Crippen molar-refractivity contribution in [1.82, 2.24) is 24.7 Å². The molecule has 0 radical (unpaired) electrons. The summed E-state index contributed by atoms with van der Waals surface area (Å²) in [4.78, 5) is 28.6. The first kappa shape index (κ1) is 22.7. The number of ether oxygens (including phenoxy) is 1. The van der Waals surface area contributed by atoms with E-state index in [4.69, 9.17) is 4.74 Å². The molecule has 4 heterocycles. The molecule has 0 N–H and O–H groups in total. The van der Waals surface area contributed by atoms with E-state index in [0.29, 0.717) is 24.5 Å². The van der Waals surface area contributed by atoms with Gasteiger partial charge in [0.05, 0.1) is 18.7 Å². The molecule has 0 spiro atoms. The molecule has 2 aromatic heterocycles. The lowest BCUT2D eigenvalue weighted by molar-refractivity contribution is -0.137. The Hall–Kier alpha value is -2.51. The Morgan fingerprint density at radius 1 is 1.16 bits per heavy atom. The van der Waals surface area contributed by atoms with Gasteiger partial charge >= 0.3 is 0 Å². The molecule has 172 valence electrons. The molecule has 2 aliphatic rings. The second-order valence-corrected chi connectivity index (χ2v) is 9.48. The predicted molar refractivity (Wildman–Crippen MR) is 124 cm³/mol. The van der Waals surface area contributed by atoms with Crippen molar-refractivity contribution in [3.63, 3.8) is 0 Å². The van der Waals surface area contributed by atoms with Crippen LogP contribution in [0.1, 0.15) is 24.1 Å². The Bertz CT molecular complexity index is 874. The Morgan fingerprint density at radius 2 is 1.97 bits per heavy atom. The van der Waals surface area contributed by atoms with Gasteiger partial charge in [0, 0.05) is 62.8 Å². The number of piperidine rings is 1. The lowest BCUT2D eigenvalue weighted by atomic mass is 9.88. The third-order valence-corrected chi connectivity index (χ3v) is 6.69. The normalized spacial score (nSPS) is 24.1. The van der Waals surface area contributed by atoms with Crippen molar-refractivity contribution in [1.29, 1.82) is 0 Å². The number of aryl methyl sites for hydroxylation is 1. The first-order valence-electron chi connectivity index (χ1n) is 11.6. The van der Waals surface area contributed by atoms with Crippen LogP contribution < -0.4 is 4.74 Å². The maximum Gasteiger partial charge on any atom is 0.227 e. The number of pyridine rings is 2. The zero-order chi connectivity index (χ0) is 22.5. The summed E-state index contributed by atoms with van der Waals surface area (Å²) in [7, 11) is 4.20. The minimum Gasteiger partial charge on any atom is -0.492 e. The number of carbonyl (C=O) groups excluding carboxylic acids is 1. The number of aromatic nitrogens is 2. The zero-order valence-electron chi connectivity index (χ0n) is 19.5. The van der Waals surface area contributed by atoms with Crippen LogP contribution in [0.3, 0.4) is 0 Å². The summed E-state index contributed by atoms with van der Waals surface area (Å²) in [6, 6.07) is 8.50. The zero-order valence-corrected chi connectivity index (χ0v) is 19.5. The predicted octanol–water partition coefficient (Wildman–Crippen LogP) is 2.46. The van der Waals surface area contributed by atoms with Crippen molar-refractivity contribution < 1.29 is 9.53 Å². The quantitative estimate of drug-likeness (QED) is 0.663. The topological polar surface area (TPSA) is 61.8 Å². The number of rotatable bonds is 7. The van der Waals surface area contributed by atoms with Gasteiger partial charge in [0.15, 0.2) is 0 Å². The van der Waals surface area contributed by atoms with Crippen LogP contribution in [-0.2, 0) is 11.3 Å². The second kappa shape index (κ2) is 10.4. The van der Waals surface area contributed by atoms with Gasteiger partial charge in [-0.3, -0.25) is 19.7 Å². The molecule has 0 aliphatic carbocycles. The highest BCUT2D eigenvalue weighted by molar-refractivity contribution is 5.79. The molecule has 32 heavy (non-hydrogen) atoms. The largest absolute Gasteiger partial charge is 0.492 e. The van der Waals surface area contributed by atoms with E-state index in [0.717, 1.165) is 57.0 Å². The first-order chi connectivity index (χ1) is 15.5. The van der Waals surface area contributed by atoms with Gasteiger partial charge in [-0.05, 0) is 63.7 Å². The number of likely N-dealkylation sites (tertiary alicyclic amines) is 2. The molecule has 2 aliphatic heterocycles. The number of hydrogen-bond donors (Lipinski definition) is 0. The third kappa shape index (κ3) is 5.84. The molecule has 0 saturated carbocycles. The summed E-state index contributed by atoms with van der Waals surface area (Å²) in [5.74, 6) is 1.40. The highest BCUT2D eigenvalue weighted by Gasteiger charge is 2.37. The molecule has 1 unspecified atom stereocenters. The Balaban J connectivity index is 1.42. The van der Waals surface area contributed by atoms with Gasteiger partial charge in [-0.25, -0.2) is 0 Å². The van der Waals surface area contributed by atoms with Gasteiger partial charge in [0.2, 0.25) is 5.91 Å². The fraction of sp³-hybridized carbons (Fsp3) is 0.560. The summed E-state index contributed by atoms with van der Waals surface area (Å²) < 4.78 is 6.07. The number of amides is 1. The van der Waals surface area contributed by atoms with Crippen LogP contribution in [0.2, 0.25) is 0 Å². The Labute approximate surface area is 191 Å². The van der Waals surface area contributed by atoms with E-state index in [1.807, 2.05) is 31.5 Å². The van der Waals surface area contributed by atoms with Gasteiger partial charge in [0.25, 0.3) is 0 Å². The van der Waals surface area contributed by atoms with E-state index in [2.05, 4.69) is 50.9 Å². The monoisotopic (exact) mass is 437 g/mol. The van der Waals surface area contributed by atoms with E-state index in [9.17, 15) is 4.79 Å². The summed E-state index contributed by atoms with van der Waals surface area (Å²) in [5, 5.41) is 0. The molecule has 2 aromatic rings. The minimum atomic E-state index is 0.0104. The van der Waals surface area contributed by atoms with Crippen LogP contribution in [0.5, 0.6) is 5.75 Å². The summed E-state index contributed by atoms with van der Waals surface area (Å²) in [6.07, 6.45) is 7.37. The van der Waals surface area contributed by atoms with E-state index in [-0.39, 0.29) is 5.92 Å². The minimum absolute atomic E-state index is 0.0104. The van der Waals surface area contributed by atoms with E-state index in [1.165, 1.54) is 5.56 Å². The maximum absolute atomic E-state index is 13.4. The van der Waals surface area contributed by atoms with Crippen molar-refractivity contribution >= 4 is 5.91 Å². The number of nitrogens with zero attached hydrogens (tertiary/aromatic N) is 5. The molecule has 4 rings (SSSR count). The SMILES string of the molecule is Cc1ccc(OC[C@H]2C[C@@H](C(=O)N3CCC(N(C)C)C3)CN(Cc3ccncc3)C2)cn1. The summed E-state index contributed by atoms with van der Waals surface area (Å²) >= 11 is 0. The highest BCUT2D eigenvalue weighted by atomic mass is 16.5. The average Bonchev–Trinajstić information content (AvgIpc) is 3.29. The molecule has 0 aromatic carbocycles. The number of likely N-dealkylation sites (N-methyl/N-ethyl adjacent to an activating group) is 1. The lowest BCUT2D eigenvalue weighted by Gasteiger charge is -2.38. The molecule has 7 nitrogen and oxygen atoms in total. The van der Waals surface area contributed by atoms with Crippen LogP contribution in [0, 0.1) is 18.8 Å². The fourth-order valence-electron chi connectivity index (χ4n) is 4.85. The van der Waals surface area contributed by atoms with Gasteiger partial charge < -0.3 is 14.5 Å². The van der Waals surface area contributed by atoms with E-state index in [1.54, 1.807) is 6.20 Å². The maximum atomic E-state index is 13.4. The average molecular weight is 438 g/mol. The Morgan fingerprint density at radius 3 is 2.66 bits per heavy atom. The van der Waals surface area contributed by atoms with Crippen LogP contribution >= 0.6 is 0 Å². The Kier molecular flexibility index (Phi) is 7.37. The first-order valence-corrected chi connectivity index (χ1v) is 11.6. The molecule has 2 fully saturated rings. The molecular formula is C25H35N5O2. The van der Waals surface area contributed by atoms with Crippen molar-refractivity contribution in [2.75, 3.05) is 46.9 Å². The summed E-state index contributed by atoms with van der Waals surface area (Å²) in [6.45, 7) is 6.81. The van der Waals surface area contributed by atoms with Crippen molar-refractivity contribution in [3.05, 3.63) is 54.1 Å². The van der Waals surface area contributed by atoms with Crippen LogP contribution in [0.25, 0.3) is 0 Å². The lowest BCUT2D eigenvalue weighted by Crippen LogP contribution is -2.48. The van der Waals surface area contributed by atoms with Crippen LogP contribution in [0.15, 0.2) is 42.9 Å². The van der Waals surface area contributed by atoms with Crippen molar-refractivity contribution in [2.24, 2.45) is 11.8 Å². The fourth-order valence-corrected chi connectivity index (χ4v) is 4.85. The van der Waals surface area contributed by atoms with Crippen molar-refractivity contribution in [3.8, 4) is 5.75 Å². The highest BCUT2D eigenvalue weighted by Crippen LogP contribution is 2.27. The van der Waals surface area contributed by atoms with Crippen LogP contribution in [-0.4, -0.2) is 83.5 Å². The van der Waals surface area contributed by atoms with Gasteiger partial charge in [-0.1, -0.05) is 0 Å². The standard InChI is InChI=1S/C25H35N5O2/c1-19-4-5-24(13-27-19)32-18-21-12-22(25(31)30-11-8-23(17-30)28(2)3)16-29(15-21)14-20-6-9-26-10-7-20/h4-7,9-10,13,21-23H,8,11-12,14-18H2,1-3H3/t21-,22+,23?/m0/s1. The van der Waals surface area contributed by atoms with E-state index < -0.39 is 0 Å². The molecule has 2 saturated heterocycles. The molecular weight excluding hydrogens is 402 g/mol. The van der Waals surface area contributed by atoms with Gasteiger partial charge in [0.1, 0.15) is 5.75 Å². The number of carbonyl (C=O) groups is 1. The van der Waals surface area contributed by atoms with Crippen molar-refractivity contribution in [2.45, 2.75) is 32.4 Å².